The summed E-state index contributed by atoms with van der Waals surface area (Å²) in [5.41, 5.74) is -6.75. The molecule has 5 rings (SSSR count). The lowest BCUT2D eigenvalue weighted by Crippen LogP contribution is -2.26. The quantitative estimate of drug-likeness (QED) is 0.0326. The van der Waals surface area contributed by atoms with Gasteiger partial charge in [-0.1, -0.05) is 0 Å². The lowest BCUT2D eigenvalue weighted by atomic mass is 10.1. The van der Waals surface area contributed by atoms with E-state index < -0.39 is 110 Å². The molecule has 0 bridgehead atoms. The highest BCUT2D eigenvalue weighted by Crippen LogP contribution is 2.35. The van der Waals surface area contributed by atoms with Crippen molar-refractivity contribution in [2.24, 2.45) is 25.4 Å². The summed E-state index contributed by atoms with van der Waals surface area (Å²) in [6, 6.07) is 7.59. The number of aromatic hydroxyl groups is 2. The minimum atomic E-state index is -1.49. The summed E-state index contributed by atoms with van der Waals surface area (Å²) in [4.78, 5) is 92.9. The summed E-state index contributed by atoms with van der Waals surface area (Å²) >= 11 is 6.11. The Bertz CT molecular complexity index is 3110. The van der Waals surface area contributed by atoms with Gasteiger partial charge in [-0.15, -0.1) is 20.5 Å². The normalized spacial score (nSPS) is 11.4. The molecule has 2 aromatic carbocycles. The highest BCUT2D eigenvalue weighted by molar-refractivity contribution is 6.28. The van der Waals surface area contributed by atoms with Crippen molar-refractivity contribution in [1.29, 1.82) is 5.26 Å². The van der Waals surface area contributed by atoms with Gasteiger partial charge >= 0.3 is 23.9 Å². The van der Waals surface area contributed by atoms with Gasteiger partial charge in [-0.3, -0.25) is 14.2 Å². The first-order chi connectivity index (χ1) is 29.8. The van der Waals surface area contributed by atoms with Crippen LogP contribution in [0.15, 0.2) is 71.4 Å². The molecule has 0 atom stereocenters. The minimum absolute atomic E-state index is 0.128. The SMILES string of the molecule is [C-]#[N+]c1c(C)c(N=Nc2cc(C(=O)O)ccc2C(=O)O)c(=O)n(C(C)=Nc2nc(Cl)nc(NCCn3c(O)c(C#N)c(C)c(N=Nc4cc(C(=O)O)ccc4C(=O)O)c3=O)n2)c1O. The Morgan fingerprint density at radius 1 is 0.810 bits per heavy atom. The smallest absolute Gasteiger partial charge is 0.337 e. The van der Waals surface area contributed by atoms with Crippen molar-refractivity contribution in [3.8, 4) is 17.8 Å². The van der Waals surface area contributed by atoms with E-state index in [1.165, 1.54) is 20.8 Å². The third kappa shape index (κ3) is 9.33. The van der Waals surface area contributed by atoms with Crippen LogP contribution in [0.25, 0.3) is 4.85 Å². The Kier molecular flexibility index (Phi) is 13.1. The number of nitrogens with zero attached hydrogens (tertiary/aromatic N) is 12. The Morgan fingerprint density at radius 3 is 1.84 bits per heavy atom. The number of carboxylic acids is 4. The summed E-state index contributed by atoms with van der Waals surface area (Å²) in [5.74, 6) is -8.53. The number of aromatic carboxylic acids is 4. The maximum Gasteiger partial charge on any atom is 0.337 e. The number of halogens is 1. The number of nitriles is 1. The number of carbonyl (C=O) groups is 4. The number of benzene rings is 2. The van der Waals surface area contributed by atoms with E-state index in [-0.39, 0.29) is 40.6 Å². The van der Waals surface area contributed by atoms with Crippen molar-refractivity contribution >= 4 is 81.6 Å². The second kappa shape index (κ2) is 18.4. The lowest BCUT2D eigenvalue weighted by molar-refractivity contribution is 0.0682. The predicted octanol–water partition coefficient (Wildman–Crippen LogP) is 5.63. The van der Waals surface area contributed by atoms with Crippen LogP contribution >= 0.6 is 11.6 Å². The molecule has 0 aliphatic carbocycles. The Morgan fingerprint density at radius 2 is 1.35 bits per heavy atom. The third-order valence-corrected chi connectivity index (χ3v) is 8.86. The zero-order chi connectivity index (χ0) is 46.4. The molecule has 0 aliphatic heterocycles. The van der Waals surface area contributed by atoms with Crippen LogP contribution in [0.2, 0.25) is 5.28 Å². The number of nitrogens with one attached hydrogen (secondary N) is 1. The molecule has 0 fully saturated rings. The highest BCUT2D eigenvalue weighted by atomic mass is 35.5. The van der Waals surface area contributed by atoms with Crippen LogP contribution in [-0.2, 0) is 6.54 Å². The van der Waals surface area contributed by atoms with E-state index in [0.717, 1.165) is 41.0 Å². The van der Waals surface area contributed by atoms with Gasteiger partial charge in [0.25, 0.3) is 22.8 Å². The fraction of sp³-hybridized carbons (Fsp3) is 0.135. The molecule has 0 amide bonds. The summed E-state index contributed by atoms with van der Waals surface area (Å²) in [6.45, 7) is 10.7. The van der Waals surface area contributed by atoms with E-state index in [0.29, 0.717) is 4.57 Å². The van der Waals surface area contributed by atoms with E-state index in [1.54, 1.807) is 6.07 Å². The van der Waals surface area contributed by atoms with E-state index in [1.807, 2.05) is 0 Å². The van der Waals surface area contributed by atoms with Crippen molar-refractivity contribution in [3.63, 3.8) is 0 Å². The van der Waals surface area contributed by atoms with Crippen LogP contribution in [0.4, 0.5) is 40.3 Å². The van der Waals surface area contributed by atoms with Crippen molar-refractivity contribution in [2.75, 3.05) is 11.9 Å². The number of aliphatic imine (C=N–C) groups is 1. The van der Waals surface area contributed by atoms with Crippen LogP contribution in [0.1, 0.15) is 65.0 Å². The minimum Gasteiger partial charge on any atom is -0.502 e. The van der Waals surface area contributed by atoms with Gasteiger partial charge in [-0.2, -0.15) is 25.2 Å². The maximum absolute atomic E-state index is 13.7. The number of rotatable bonds is 13. The zero-order valence-corrected chi connectivity index (χ0v) is 33.0. The number of azo groups is 2. The van der Waals surface area contributed by atoms with Gasteiger partial charge in [0.15, 0.2) is 5.69 Å². The molecule has 0 radical (unpaired) electrons. The van der Waals surface area contributed by atoms with E-state index in [2.05, 4.69) is 50.6 Å². The first-order valence-electron chi connectivity index (χ1n) is 17.3. The molecular formula is C37H26ClN13O12. The van der Waals surface area contributed by atoms with Crippen molar-refractivity contribution in [3.05, 3.63) is 113 Å². The molecule has 318 valence electrons. The number of pyridine rings is 2. The lowest BCUT2D eigenvalue weighted by Gasteiger charge is -2.14. The first kappa shape index (κ1) is 44.9. The van der Waals surface area contributed by atoms with Gasteiger partial charge in [0.1, 0.15) is 34.5 Å². The third-order valence-electron chi connectivity index (χ3n) is 8.69. The monoisotopic (exact) mass is 879 g/mol. The van der Waals surface area contributed by atoms with Gasteiger partial charge in [-0.25, -0.2) is 28.6 Å². The van der Waals surface area contributed by atoms with Gasteiger partial charge in [0.2, 0.25) is 23.0 Å². The largest absolute Gasteiger partial charge is 0.502 e. The number of anilines is 1. The molecular weight excluding hydrogens is 854 g/mol. The molecule has 5 aromatic rings. The molecule has 0 aliphatic rings. The second-order valence-corrected chi connectivity index (χ2v) is 12.9. The predicted molar refractivity (Wildman–Crippen MR) is 216 cm³/mol. The summed E-state index contributed by atoms with van der Waals surface area (Å²) in [5, 5.41) is 86.8. The molecule has 3 heterocycles. The van der Waals surface area contributed by atoms with Gasteiger partial charge < -0.3 is 36.0 Å². The molecule has 0 saturated carbocycles. The standard InChI is InChI=1S/C37H26ClN13O12/c1-14-21(13-39)27(52)50(28(53)25(14)48-46-22-11-17(31(56)57)5-7-19(22)33(60)61)10-9-41-36-43-35(38)44-37(45-36)42-16(3)51-29(54)24(40-4)15(2)26(30(51)55)49-47-23-12-18(32(58)59)6-8-20(23)34(62)63/h5-8,11-12,52,54H,9-10H2,1-3H3,(H,56,57)(H,58,59)(H,60,61)(H,62,63)(H,41,43,44,45). The van der Waals surface area contributed by atoms with Gasteiger partial charge in [0, 0.05) is 18.7 Å². The van der Waals surface area contributed by atoms with Crippen LogP contribution in [0.5, 0.6) is 11.8 Å². The van der Waals surface area contributed by atoms with Crippen molar-refractivity contribution in [2.45, 2.75) is 27.3 Å². The van der Waals surface area contributed by atoms with Gasteiger partial charge in [0.05, 0.1) is 28.8 Å². The number of hydrogen-bond acceptors (Lipinski definition) is 18. The van der Waals surface area contributed by atoms with Gasteiger partial charge in [-0.05, 0) is 74.3 Å². The molecule has 25 nitrogen and oxygen atoms in total. The molecule has 0 spiro atoms. The molecule has 7 N–H and O–H groups in total. The van der Waals surface area contributed by atoms with Crippen LogP contribution in [0.3, 0.4) is 0 Å². The number of aromatic nitrogens is 5. The summed E-state index contributed by atoms with van der Waals surface area (Å²) in [6.07, 6.45) is 0. The first-order valence-corrected chi connectivity index (χ1v) is 17.7. The average molecular weight is 880 g/mol. The van der Waals surface area contributed by atoms with E-state index in [9.17, 15) is 64.7 Å². The van der Waals surface area contributed by atoms with Crippen LogP contribution < -0.4 is 16.4 Å². The Hall–Kier alpha value is -9.23. The summed E-state index contributed by atoms with van der Waals surface area (Å²) in [7, 11) is 0. The van der Waals surface area contributed by atoms with E-state index in [4.69, 9.17) is 18.2 Å². The Balaban J connectivity index is 1.47. The number of carboxylic acid groups (broad SMARTS) is 4. The highest BCUT2D eigenvalue weighted by Gasteiger charge is 2.23. The second-order valence-electron chi connectivity index (χ2n) is 12.5. The van der Waals surface area contributed by atoms with Crippen molar-refractivity contribution < 1.29 is 49.8 Å². The molecule has 0 unspecified atom stereocenters. The molecule has 0 saturated heterocycles. The Labute approximate surface area is 355 Å². The molecule has 63 heavy (non-hydrogen) atoms. The average Bonchev–Trinajstić information content (AvgIpc) is 3.21. The molecule has 26 heteroatoms. The zero-order valence-electron chi connectivity index (χ0n) is 32.3. The molecule has 3 aromatic heterocycles. The summed E-state index contributed by atoms with van der Waals surface area (Å²) < 4.78 is 1.28. The topological polar surface area (TPSA) is 374 Å². The fourth-order valence-corrected chi connectivity index (χ4v) is 5.73. The van der Waals surface area contributed by atoms with Crippen LogP contribution in [0, 0.1) is 31.8 Å². The van der Waals surface area contributed by atoms with Crippen LogP contribution in [-0.4, -0.2) is 91.0 Å². The fourth-order valence-electron chi connectivity index (χ4n) is 5.57. The number of hydrogen-bond donors (Lipinski definition) is 7. The maximum atomic E-state index is 13.7. The van der Waals surface area contributed by atoms with E-state index >= 15 is 0 Å². The van der Waals surface area contributed by atoms with Crippen molar-refractivity contribution in [1.82, 2.24) is 24.1 Å².